The smallest absolute Gasteiger partial charge is 0.224 e. The molecular formula is C20H22N2O3. The van der Waals surface area contributed by atoms with E-state index >= 15 is 0 Å². The molecule has 5 heteroatoms. The van der Waals surface area contributed by atoms with Gasteiger partial charge in [-0.05, 0) is 36.6 Å². The van der Waals surface area contributed by atoms with Gasteiger partial charge in [-0.3, -0.25) is 4.79 Å². The minimum atomic E-state index is -0.0247. The molecule has 0 aliphatic rings. The molecule has 0 aliphatic heterocycles. The molecule has 130 valence electrons. The van der Waals surface area contributed by atoms with Crippen molar-refractivity contribution in [2.45, 2.75) is 19.3 Å². The van der Waals surface area contributed by atoms with Crippen LogP contribution in [0.3, 0.4) is 0 Å². The number of amides is 1. The van der Waals surface area contributed by atoms with Crippen molar-refractivity contribution in [3.8, 4) is 11.5 Å². The average Bonchev–Trinajstić information content (AvgIpc) is 3.05. The van der Waals surface area contributed by atoms with Crippen LogP contribution in [0.25, 0.3) is 10.9 Å². The van der Waals surface area contributed by atoms with Crippen molar-refractivity contribution in [3.63, 3.8) is 0 Å². The van der Waals surface area contributed by atoms with E-state index in [2.05, 4.69) is 22.4 Å². The van der Waals surface area contributed by atoms with Crippen LogP contribution in [0.5, 0.6) is 11.5 Å². The number of carbonyl (C=O) groups excluding carboxylic acids is 1. The van der Waals surface area contributed by atoms with Crippen LogP contribution in [0.15, 0.2) is 48.7 Å². The molecule has 25 heavy (non-hydrogen) atoms. The van der Waals surface area contributed by atoms with Crippen molar-refractivity contribution in [2.24, 2.45) is 0 Å². The van der Waals surface area contributed by atoms with E-state index in [0.29, 0.717) is 23.6 Å². The summed E-state index contributed by atoms with van der Waals surface area (Å²) >= 11 is 0. The summed E-state index contributed by atoms with van der Waals surface area (Å²) in [6.07, 6.45) is 4.12. The Kier molecular flexibility index (Phi) is 5.23. The van der Waals surface area contributed by atoms with Crippen molar-refractivity contribution in [2.75, 3.05) is 19.5 Å². The number of nitrogens with one attached hydrogen (secondary N) is 2. The number of hydrogen-bond acceptors (Lipinski definition) is 3. The fourth-order valence-corrected chi connectivity index (χ4v) is 2.89. The molecule has 5 nitrogen and oxygen atoms in total. The first kappa shape index (κ1) is 16.9. The van der Waals surface area contributed by atoms with Crippen LogP contribution < -0.4 is 14.8 Å². The minimum absolute atomic E-state index is 0.0247. The number of aromatic amines is 1. The molecule has 0 bridgehead atoms. The largest absolute Gasteiger partial charge is 0.497 e. The monoisotopic (exact) mass is 338 g/mol. The standard InChI is InChI=1S/C20H22N2O3/c1-24-15-10-11-18(19(12-15)25-2)22-20(23)9-5-6-14-13-21-17-8-4-3-7-16(14)17/h3-4,7-8,10-13,21H,5-6,9H2,1-2H3,(H,22,23). The number of methoxy groups -OCH3 is 2. The number of H-pyrrole nitrogens is 1. The van der Waals surface area contributed by atoms with Crippen molar-refractivity contribution in [1.29, 1.82) is 0 Å². The van der Waals surface area contributed by atoms with Crippen molar-refractivity contribution < 1.29 is 14.3 Å². The van der Waals surface area contributed by atoms with E-state index in [9.17, 15) is 4.79 Å². The minimum Gasteiger partial charge on any atom is -0.497 e. The van der Waals surface area contributed by atoms with Crippen molar-refractivity contribution in [3.05, 3.63) is 54.2 Å². The summed E-state index contributed by atoms with van der Waals surface area (Å²) in [5, 5.41) is 4.12. The van der Waals surface area contributed by atoms with E-state index in [1.54, 1.807) is 32.4 Å². The quantitative estimate of drug-likeness (QED) is 0.680. The summed E-state index contributed by atoms with van der Waals surface area (Å²) in [5.74, 6) is 1.25. The summed E-state index contributed by atoms with van der Waals surface area (Å²) < 4.78 is 10.5. The predicted octanol–water partition coefficient (Wildman–Crippen LogP) is 4.15. The number of hydrogen-bond donors (Lipinski definition) is 2. The third-order valence-electron chi connectivity index (χ3n) is 4.21. The first-order valence-electron chi connectivity index (χ1n) is 8.28. The number of fused-ring (bicyclic) bond motifs is 1. The van der Waals surface area contributed by atoms with Crippen LogP contribution in [-0.2, 0) is 11.2 Å². The highest BCUT2D eigenvalue weighted by molar-refractivity contribution is 5.92. The molecule has 0 aliphatic carbocycles. The molecule has 3 aromatic rings. The molecule has 1 amide bonds. The Balaban J connectivity index is 1.56. The van der Waals surface area contributed by atoms with Crippen molar-refractivity contribution >= 4 is 22.5 Å². The van der Waals surface area contributed by atoms with E-state index in [0.717, 1.165) is 18.4 Å². The molecule has 3 rings (SSSR count). The van der Waals surface area contributed by atoms with Gasteiger partial charge in [0.2, 0.25) is 5.91 Å². The third-order valence-corrected chi connectivity index (χ3v) is 4.21. The van der Waals surface area contributed by atoms with Crippen LogP contribution in [0.1, 0.15) is 18.4 Å². The second kappa shape index (κ2) is 7.75. The lowest BCUT2D eigenvalue weighted by atomic mass is 10.1. The molecule has 0 fully saturated rings. The molecule has 0 spiro atoms. The maximum Gasteiger partial charge on any atom is 0.224 e. The normalized spacial score (nSPS) is 10.6. The summed E-state index contributed by atoms with van der Waals surface area (Å²) in [4.78, 5) is 15.5. The molecule has 0 radical (unpaired) electrons. The highest BCUT2D eigenvalue weighted by atomic mass is 16.5. The molecule has 0 saturated heterocycles. The van der Waals surface area contributed by atoms with Gasteiger partial charge in [0.25, 0.3) is 0 Å². The second-order valence-corrected chi connectivity index (χ2v) is 5.83. The number of benzene rings is 2. The van der Waals surface area contributed by atoms with Gasteiger partial charge in [-0.25, -0.2) is 0 Å². The van der Waals surface area contributed by atoms with E-state index in [4.69, 9.17) is 9.47 Å². The Morgan fingerprint density at radius 1 is 1.12 bits per heavy atom. The van der Waals surface area contributed by atoms with Gasteiger partial charge in [0.1, 0.15) is 11.5 Å². The molecule has 0 atom stereocenters. The van der Waals surface area contributed by atoms with Crippen LogP contribution >= 0.6 is 0 Å². The summed E-state index contributed by atoms with van der Waals surface area (Å²) in [6, 6.07) is 13.5. The maximum atomic E-state index is 12.2. The summed E-state index contributed by atoms with van der Waals surface area (Å²) in [5.41, 5.74) is 3.02. The van der Waals surface area contributed by atoms with E-state index in [-0.39, 0.29) is 5.91 Å². The lowest BCUT2D eigenvalue weighted by Gasteiger charge is -2.11. The van der Waals surface area contributed by atoms with E-state index in [1.165, 1.54) is 10.9 Å². The molecule has 2 N–H and O–H groups in total. The molecule has 2 aromatic carbocycles. The van der Waals surface area contributed by atoms with Gasteiger partial charge in [0, 0.05) is 29.6 Å². The Hall–Kier alpha value is -2.95. The second-order valence-electron chi connectivity index (χ2n) is 5.83. The number of carbonyl (C=O) groups is 1. The topological polar surface area (TPSA) is 63.3 Å². The van der Waals surface area contributed by atoms with Crippen LogP contribution in [0, 0.1) is 0 Å². The highest BCUT2D eigenvalue weighted by Crippen LogP contribution is 2.29. The Morgan fingerprint density at radius 3 is 2.76 bits per heavy atom. The number of anilines is 1. The highest BCUT2D eigenvalue weighted by Gasteiger charge is 2.10. The van der Waals surface area contributed by atoms with E-state index in [1.807, 2.05) is 18.3 Å². The van der Waals surface area contributed by atoms with Crippen molar-refractivity contribution in [1.82, 2.24) is 4.98 Å². The Bertz CT molecular complexity index is 870. The Morgan fingerprint density at radius 2 is 1.96 bits per heavy atom. The molecule has 1 aromatic heterocycles. The third kappa shape index (κ3) is 3.94. The molecule has 0 saturated carbocycles. The SMILES string of the molecule is COc1ccc(NC(=O)CCCc2c[nH]c3ccccc23)c(OC)c1. The lowest BCUT2D eigenvalue weighted by Crippen LogP contribution is -2.12. The lowest BCUT2D eigenvalue weighted by molar-refractivity contribution is -0.116. The zero-order chi connectivity index (χ0) is 17.6. The maximum absolute atomic E-state index is 12.2. The average molecular weight is 338 g/mol. The number of rotatable bonds is 7. The van der Waals surface area contributed by atoms with Gasteiger partial charge < -0.3 is 19.8 Å². The van der Waals surface area contributed by atoms with Gasteiger partial charge in [-0.1, -0.05) is 18.2 Å². The van der Waals surface area contributed by atoms with Crippen LogP contribution in [0.4, 0.5) is 5.69 Å². The van der Waals surface area contributed by atoms with Gasteiger partial charge in [0.05, 0.1) is 19.9 Å². The predicted molar refractivity (Wildman–Crippen MR) is 99.4 cm³/mol. The zero-order valence-electron chi connectivity index (χ0n) is 14.5. The zero-order valence-corrected chi connectivity index (χ0v) is 14.5. The van der Waals surface area contributed by atoms with E-state index < -0.39 is 0 Å². The molecule has 0 unspecified atom stereocenters. The molecule has 1 heterocycles. The first-order chi connectivity index (χ1) is 12.2. The summed E-state index contributed by atoms with van der Waals surface area (Å²) in [6.45, 7) is 0. The van der Waals surface area contributed by atoms with Gasteiger partial charge in [-0.15, -0.1) is 0 Å². The Labute approximate surface area is 147 Å². The van der Waals surface area contributed by atoms with Crippen LogP contribution in [0.2, 0.25) is 0 Å². The first-order valence-corrected chi connectivity index (χ1v) is 8.28. The van der Waals surface area contributed by atoms with Gasteiger partial charge in [0.15, 0.2) is 0 Å². The summed E-state index contributed by atoms with van der Waals surface area (Å²) in [7, 11) is 3.17. The van der Waals surface area contributed by atoms with Crippen LogP contribution in [-0.4, -0.2) is 25.1 Å². The number of para-hydroxylation sites is 1. The fourth-order valence-electron chi connectivity index (χ4n) is 2.89. The van der Waals surface area contributed by atoms with Gasteiger partial charge in [-0.2, -0.15) is 0 Å². The van der Waals surface area contributed by atoms with Gasteiger partial charge >= 0.3 is 0 Å². The molecular weight excluding hydrogens is 316 g/mol. The number of aryl methyl sites for hydroxylation is 1. The fraction of sp³-hybridized carbons (Fsp3) is 0.250. The number of aromatic nitrogens is 1. The number of ether oxygens (including phenoxy) is 2.